The van der Waals surface area contributed by atoms with E-state index in [1.807, 2.05) is 60.7 Å². The van der Waals surface area contributed by atoms with E-state index in [-0.39, 0.29) is 36.2 Å². The number of nitrogen functional groups attached to an aromatic ring is 1. The summed E-state index contributed by atoms with van der Waals surface area (Å²) in [6.07, 6.45) is 10.4. The molecule has 0 bridgehead atoms. The fraction of sp³-hybridized carbons (Fsp3) is 0.481. The van der Waals surface area contributed by atoms with Crippen LogP contribution in [-0.4, -0.2) is 139 Å². The molecule has 11 rings (SSSR count). The van der Waals surface area contributed by atoms with Gasteiger partial charge < -0.3 is 30.1 Å². The maximum Gasteiger partial charge on any atom is 0.319 e. The molecule has 3 aromatic carbocycles. The van der Waals surface area contributed by atoms with Crippen molar-refractivity contribution < 1.29 is 23.9 Å². The molecule has 354 valence electrons. The second-order valence-corrected chi connectivity index (χ2v) is 19.8. The quantitative estimate of drug-likeness (QED) is 0.156. The van der Waals surface area contributed by atoms with Crippen LogP contribution in [0.2, 0.25) is 0 Å². The molecule has 1 unspecified atom stereocenters. The van der Waals surface area contributed by atoms with Crippen molar-refractivity contribution in [3.05, 3.63) is 95.8 Å². The van der Waals surface area contributed by atoms with Gasteiger partial charge in [0.05, 0.1) is 11.4 Å². The van der Waals surface area contributed by atoms with Gasteiger partial charge in [-0.2, -0.15) is 5.10 Å². The molecule has 5 fully saturated rings. The molecule has 6 aliphatic rings. The third-order valence-corrected chi connectivity index (χ3v) is 15.7. The molecular formula is C52H61N11O5. The molecule has 8 heterocycles. The number of para-hydroxylation sites is 1. The van der Waals surface area contributed by atoms with E-state index in [9.17, 15) is 19.2 Å². The van der Waals surface area contributed by atoms with Gasteiger partial charge in [0.15, 0.2) is 5.65 Å². The molecule has 3 N–H and O–H groups in total. The minimum absolute atomic E-state index is 0.121. The van der Waals surface area contributed by atoms with Crippen molar-refractivity contribution in [2.75, 3.05) is 64.6 Å². The van der Waals surface area contributed by atoms with E-state index >= 15 is 0 Å². The number of hydrogen-bond acceptors (Lipinski definition) is 11. The monoisotopic (exact) mass is 919 g/mol. The van der Waals surface area contributed by atoms with Crippen LogP contribution in [0, 0.1) is 5.92 Å². The number of nitrogens with one attached hydrogen (secondary N) is 1. The van der Waals surface area contributed by atoms with Crippen molar-refractivity contribution in [1.29, 1.82) is 0 Å². The van der Waals surface area contributed by atoms with Gasteiger partial charge in [-0.15, -0.1) is 0 Å². The average Bonchev–Trinajstić information content (AvgIpc) is 3.93. The van der Waals surface area contributed by atoms with Crippen LogP contribution in [0.1, 0.15) is 97.7 Å². The largest absolute Gasteiger partial charge is 0.457 e. The maximum atomic E-state index is 13.9. The lowest BCUT2D eigenvalue weighted by Gasteiger charge is -2.44. The fourth-order valence-electron chi connectivity index (χ4n) is 11.9. The van der Waals surface area contributed by atoms with Gasteiger partial charge in [-0.1, -0.05) is 30.3 Å². The van der Waals surface area contributed by atoms with E-state index in [0.29, 0.717) is 42.2 Å². The number of ether oxygens (including phenoxy) is 1. The number of piperidine rings is 5. The van der Waals surface area contributed by atoms with E-state index in [0.717, 1.165) is 150 Å². The zero-order valence-electron chi connectivity index (χ0n) is 38.7. The fourth-order valence-corrected chi connectivity index (χ4v) is 11.9. The Hall–Kier alpha value is -6.39. The number of imide groups is 1. The summed E-state index contributed by atoms with van der Waals surface area (Å²) in [7, 11) is 0. The van der Waals surface area contributed by atoms with Gasteiger partial charge in [0, 0.05) is 69.4 Å². The van der Waals surface area contributed by atoms with Crippen molar-refractivity contribution in [3.8, 4) is 22.8 Å². The Kier molecular flexibility index (Phi) is 12.3. The number of urea groups is 1. The number of rotatable bonds is 9. The van der Waals surface area contributed by atoms with Gasteiger partial charge in [0.1, 0.15) is 35.4 Å². The molecule has 0 aliphatic carbocycles. The number of nitrogens with two attached hydrogens (primary N) is 1. The number of nitrogens with zero attached hydrogens (tertiary/aromatic N) is 9. The Morgan fingerprint density at radius 3 is 2.25 bits per heavy atom. The number of likely N-dealkylation sites (tertiary alicyclic amines) is 4. The van der Waals surface area contributed by atoms with Crippen LogP contribution in [0.4, 0.5) is 10.6 Å². The summed E-state index contributed by atoms with van der Waals surface area (Å²) in [6.45, 7) is 8.67. The number of fused-ring (bicyclic) bond motifs is 2. The zero-order chi connectivity index (χ0) is 46.3. The number of anilines is 1. The molecular weight excluding hydrogens is 859 g/mol. The minimum atomic E-state index is -0.592. The highest BCUT2D eigenvalue weighted by Crippen LogP contribution is 2.37. The lowest BCUT2D eigenvalue weighted by molar-refractivity contribution is -0.136. The van der Waals surface area contributed by atoms with Crippen LogP contribution in [0.5, 0.6) is 11.5 Å². The Bertz CT molecular complexity index is 2670. The first-order chi connectivity index (χ1) is 33.2. The highest BCUT2D eigenvalue weighted by molar-refractivity contribution is 6.05. The summed E-state index contributed by atoms with van der Waals surface area (Å²) in [5, 5.41) is 8.35. The molecule has 16 nitrogen and oxygen atoms in total. The second kappa shape index (κ2) is 18.9. The third kappa shape index (κ3) is 8.91. The summed E-state index contributed by atoms with van der Waals surface area (Å²) < 4.78 is 8.12. The van der Waals surface area contributed by atoms with Gasteiger partial charge >= 0.3 is 6.03 Å². The Morgan fingerprint density at radius 1 is 0.765 bits per heavy atom. The van der Waals surface area contributed by atoms with Crippen molar-refractivity contribution in [2.45, 2.75) is 94.8 Å². The Balaban J connectivity index is 0.636. The zero-order valence-corrected chi connectivity index (χ0v) is 38.7. The summed E-state index contributed by atoms with van der Waals surface area (Å²) >= 11 is 0. The van der Waals surface area contributed by atoms with Crippen molar-refractivity contribution in [2.24, 2.45) is 5.92 Å². The standard InChI is InChI=1S/C52H61N11O5/c53-48-46-47(36-8-11-42(12-9-36)68-41-6-2-1-3-7-41)57-63(49(46)55-33-54-48)40-5-4-22-61(32-40)39-20-27-60(28-21-39)52(67)59-25-16-34(17-26-59)30-58-23-18-35(19-24-58)37-10-13-43-38(29-37)31-62(51(43)66)44-14-15-45(64)56-50(44)65/h1-3,6-13,29,33-35,39-40,44H,4-5,14-28,30-32H2,(H2,53,54,55)(H,56,64,65)/t40-,44?/m1/s1. The first-order valence-electron chi connectivity index (χ1n) is 24.8. The van der Waals surface area contributed by atoms with E-state index in [1.165, 1.54) is 11.9 Å². The van der Waals surface area contributed by atoms with Gasteiger partial charge in [-0.3, -0.25) is 24.6 Å². The van der Waals surface area contributed by atoms with Crippen LogP contribution in [0.15, 0.2) is 79.1 Å². The first-order valence-corrected chi connectivity index (χ1v) is 24.8. The van der Waals surface area contributed by atoms with E-state index in [4.69, 9.17) is 20.6 Å². The second-order valence-electron chi connectivity index (χ2n) is 19.8. The summed E-state index contributed by atoms with van der Waals surface area (Å²) in [4.78, 5) is 71.4. The van der Waals surface area contributed by atoms with Gasteiger partial charge in [-0.25, -0.2) is 19.4 Å². The molecule has 16 heteroatoms. The van der Waals surface area contributed by atoms with Crippen molar-refractivity contribution in [3.63, 3.8) is 0 Å². The van der Waals surface area contributed by atoms with E-state index in [1.54, 1.807) is 4.90 Å². The van der Waals surface area contributed by atoms with Gasteiger partial charge in [0.25, 0.3) is 5.91 Å². The molecule has 0 spiro atoms. The predicted molar refractivity (Wildman–Crippen MR) is 257 cm³/mol. The lowest BCUT2D eigenvalue weighted by Crippen LogP contribution is -2.53. The third-order valence-electron chi connectivity index (χ3n) is 15.7. The average molecular weight is 920 g/mol. The highest BCUT2D eigenvalue weighted by atomic mass is 16.5. The number of hydrogen-bond donors (Lipinski definition) is 2. The number of benzene rings is 3. The number of carbonyl (C=O) groups excluding carboxylic acids is 4. The SMILES string of the molecule is Nc1ncnc2c1c(-c1ccc(Oc3ccccc3)cc1)nn2[C@@H]1CCCN(C2CCN(C(=O)N3CCC(CN4CCC(c5ccc6c(c5)CN(C5CCC(=O)NC5=O)C6=O)CC4)CC3)CC2)C1. The van der Waals surface area contributed by atoms with Crippen LogP contribution in [0.25, 0.3) is 22.3 Å². The molecule has 68 heavy (non-hydrogen) atoms. The molecule has 5 amide bonds. The minimum Gasteiger partial charge on any atom is -0.457 e. The lowest BCUT2D eigenvalue weighted by atomic mass is 9.87. The predicted octanol–water partition coefficient (Wildman–Crippen LogP) is 6.44. The van der Waals surface area contributed by atoms with Crippen LogP contribution < -0.4 is 15.8 Å². The Labute approximate surface area is 396 Å². The molecule has 6 aliphatic heterocycles. The summed E-state index contributed by atoms with van der Waals surface area (Å²) in [5.41, 5.74) is 11.9. The van der Waals surface area contributed by atoms with Crippen LogP contribution in [0.3, 0.4) is 0 Å². The summed E-state index contributed by atoms with van der Waals surface area (Å²) in [6, 6.07) is 24.0. The normalized spacial score (nSPS) is 22.8. The van der Waals surface area contributed by atoms with Gasteiger partial charge in [0.2, 0.25) is 11.8 Å². The highest BCUT2D eigenvalue weighted by Gasteiger charge is 2.40. The Morgan fingerprint density at radius 2 is 1.50 bits per heavy atom. The number of amides is 5. The number of carbonyl (C=O) groups is 4. The first kappa shape index (κ1) is 44.1. The molecule has 0 saturated carbocycles. The molecule has 2 aromatic heterocycles. The van der Waals surface area contributed by atoms with Crippen LogP contribution >= 0.6 is 0 Å². The molecule has 5 aromatic rings. The number of aromatic nitrogens is 4. The van der Waals surface area contributed by atoms with Crippen molar-refractivity contribution >= 4 is 40.6 Å². The van der Waals surface area contributed by atoms with Crippen molar-refractivity contribution in [1.82, 2.24) is 49.6 Å². The van der Waals surface area contributed by atoms with E-state index < -0.39 is 6.04 Å². The maximum absolute atomic E-state index is 13.9. The molecule has 5 saturated heterocycles. The van der Waals surface area contributed by atoms with Gasteiger partial charge in [-0.05, 0) is 143 Å². The smallest absolute Gasteiger partial charge is 0.319 e. The van der Waals surface area contributed by atoms with E-state index in [2.05, 4.69) is 46.7 Å². The molecule has 2 atom stereocenters. The molecule has 0 radical (unpaired) electrons. The van der Waals surface area contributed by atoms with Crippen LogP contribution in [-0.2, 0) is 16.1 Å². The topological polar surface area (TPSA) is 175 Å². The summed E-state index contributed by atoms with van der Waals surface area (Å²) in [5.74, 6) is 2.20.